The normalized spacial score (nSPS) is 10.7. The van der Waals surface area contributed by atoms with Gasteiger partial charge < -0.3 is 4.74 Å². The predicted molar refractivity (Wildman–Crippen MR) is 80.3 cm³/mol. The monoisotopic (exact) mass is 304 g/mol. The lowest BCUT2D eigenvalue weighted by molar-refractivity contribution is 0.282. The van der Waals surface area contributed by atoms with Crippen molar-refractivity contribution >= 4 is 34.1 Å². The van der Waals surface area contributed by atoms with Crippen LogP contribution in [0.5, 0.6) is 6.01 Å². The molecule has 0 fully saturated rings. The molecule has 0 aliphatic carbocycles. The summed E-state index contributed by atoms with van der Waals surface area (Å²) in [5.74, 6) is 0. The largest absolute Gasteiger partial charge is 0.459 e. The first-order valence-electron chi connectivity index (χ1n) is 6.00. The van der Waals surface area contributed by atoms with Crippen molar-refractivity contribution in [3.63, 3.8) is 0 Å². The number of nitrogens with zero attached hydrogens (tertiary/aromatic N) is 2. The molecule has 0 saturated heterocycles. The fourth-order valence-corrected chi connectivity index (χ4v) is 2.07. The molecule has 0 saturated carbocycles. The molecular weight excluding hydrogens is 295 g/mol. The van der Waals surface area contributed by atoms with Gasteiger partial charge >= 0.3 is 6.01 Å². The lowest BCUT2D eigenvalue weighted by Crippen LogP contribution is -1.99. The van der Waals surface area contributed by atoms with Gasteiger partial charge in [0.25, 0.3) is 0 Å². The maximum absolute atomic E-state index is 5.95. The highest BCUT2D eigenvalue weighted by molar-refractivity contribution is 6.31. The van der Waals surface area contributed by atoms with E-state index in [2.05, 4.69) is 9.97 Å². The van der Waals surface area contributed by atoms with Gasteiger partial charge in [-0.2, -0.15) is 4.98 Å². The van der Waals surface area contributed by atoms with Gasteiger partial charge in [-0.25, -0.2) is 4.98 Å². The van der Waals surface area contributed by atoms with Crippen molar-refractivity contribution in [2.45, 2.75) is 6.61 Å². The van der Waals surface area contributed by atoms with Crippen molar-refractivity contribution in [2.75, 3.05) is 0 Å². The standard InChI is InChI=1S/C15H10Cl2N2O/c16-12-4-1-10(2-5-12)9-20-15-18-8-11-3-6-13(17)7-14(11)19-15/h1-8H,9H2. The molecule has 0 amide bonds. The second-order valence-corrected chi connectivity index (χ2v) is 5.14. The lowest BCUT2D eigenvalue weighted by Gasteiger charge is -2.05. The van der Waals surface area contributed by atoms with Crippen LogP contribution in [0.1, 0.15) is 5.56 Å². The van der Waals surface area contributed by atoms with Crippen LogP contribution in [0.25, 0.3) is 10.9 Å². The predicted octanol–water partition coefficient (Wildman–Crippen LogP) is 4.52. The van der Waals surface area contributed by atoms with Crippen LogP contribution in [0.2, 0.25) is 10.0 Å². The summed E-state index contributed by atoms with van der Waals surface area (Å²) in [5.41, 5.74) is 1.77. The van der Waals surface area contributed by atoms with Gasteiger partial charge in [0.2, 0.25) is 0 Å². The van der Waals surface area contributed by atoms with Gasteiger partial charge in [0.15, 0.2) is 0 Å². The van der Waals surface area contributed by atoms with Gasteiger partial charge in [0, 0.05) is 21.6 Å². The fraction of sp³-hybridized carbons (Fsp3) is 0.0667. The minimum atomic E-state index is 0.328. The van der Waals surface area contributed by atoms with Gasteiger partial charge in [-0.1, -0.05) is 35.3 Å². The maximum Gasteiger partial charge on any atom is 0.317 e. The van der Waals surface area contributed by atoms with Crippen molar-refractivity contribution in [1.29, 1.82) is 0 Å². The second-order valence-electron chi connectivity index (χ2n) is 4.27. The minimum absolute atomic E-state index is 0.328. The molecule has 5 heteroatoms. The molecule has 0 radical (unpaired) electrons. The summed E-state index contributed by atoms with van der Waals surface area (Å²) in [6.45, 7) is 0.392. The minimum Gasteiger partial charge on any atom is -0.459 e. The molecule has 3 nitrogen and oxygen atoms in total. The van der Waals surface area contributed by atoms with E-state index in [-0.39, 0.29) is 0 Å². The van der Waals surface area contributed by atoms with E-state index in [1.165, 1.54) is 0 Å². The van der Waals surface area contributed by atoms with E-state index >= 15 is 0 Å². The van der Waals surface area contributed by atoms with E-state index in [1.807, 2.05) is 36.4 Å². The molecule has 20 heavy (non-hydrogen) atoms. The van der Waals surface area contributed by atoms with E-state index < -0.39 is 0 Å². The first-order valence-corrected chi connectivity index (χ1v) is 6.76. The second kappa shape index (κ2) is 5.65. The summed E-state index contributed by atoms with van der Waals surface area (Å²) >= 11 is 11.8. The quantitative estimate of drug-likeness (QED) is 0.714. The van der Waals surface area contributed by atoms with E-state index in [0.717, 1.165) is 16.5 Å². The Labute approximate surface area is 126 Å². The summed E-state index contributed by atoms with van der Waals surface area (Å²) in [4.78, 5) is 8.49. The van der Waals surface area contributed by atoms with Crippen LogP contribution < -0.4 is 4.74 Å². The van der Waals surface area contributed by atoms with Gasteiger partial charge in [-0.15, -0.1) is 0 Å². The first-order chi connectivity index (χ1) is 9.70. The highest BCUT2D eigenvalue weighted by atomic mass is 35.5. The molecule has 1 aromatic heterocycles. The zero-order chi connectivity index (χ0) is 13.9. The number of hydrogen-bond acceptors (Lipinski definition) is 3. The summed E-state index contributed by atoms with van der Waals surface area (Å²) in [6.07, 6.45) is 1.72. The molecular formula is C15H10Cl2N2O. The van der Waals surface area contributed by atoms with E-state index in [1.54, 1.807) is 12.3 Å². The van der Waals surface area contributed by atoms with Crippen molar-refractivity contribution in [1.82, 2.24) is 9.97 Å². The third-order valence-corrected chi connectivity index (χ3v) is 3.29. The molecule has 0 atom stereocenters. The zero-order valence-corrected chi connectivity index (χ0v) is 11.9. The molecule has 0 aliphatic heterocycles. The van der Waals surface area contributed by atoms with Crippen molar-refractivity contribution in [3.8, 4) is 6.01 Å². The van der Waals surface area contributed by atoms with Crippen LogP contribution in [0.4, 0.5) is 0 Å². The highest BCUT2D eigenvalue weighted by Gasteiger charge is 2.02. The van der Waals surface area contributed by atoms with Gasteiger partial charge in [-0.05, 0) is 35.9 Å². The Bertz CT molecular complexity index is 744. The average Bonchev–Trinajstić information content (AvgIpc) is 2.46. The van der Waals surface area contributed by atoms with Crippen LogP contribution in [0, 0.1) is 0 Å². The highest BCUT2D eigenvalue weighted by Crippen LogP contribution is 2.19. The summed E-state index contributed by atoms with van der Waals surface area (Å²) in [7, 11) is 0. The third-order valence-electron chi connectivity index (χ3n) is 2.80. The lowest BCUT2D eigenvalue weighted by atomic mass is 10.2. The topological polar surface area (TPSA) is 35.0 Å². The van der Waals surface area contributed by atoms with Crippen LogP contribution in [-0.4, -0.2) is 9.97 Å². The average molecular weight is 305 g/mol. The molecule has 3 aromatic rings. The Morgan fingerprint density at radius 1 is 0.950 bits per heavy atom. The van der Waals surface area contributed by atoms with Crippen LogP contribution in [-0.2, 0) is 6.61 Å². The van der Waals surface area contributed by atoms with E-state index in [9.17, 15) is 0 Å². The molecule has 3 rings (SSSR count). The summed E-state index contributed by atoms with van der Waals surface area (Å²) < 4.78 is 5.57. The number of ether oxygens (including phenoxy) is 1. The molecule has 100 valence electrons. The number of halogens is 2. The van der Waals surface area contributed by atoms with Crippen LogP contribution >= 0.6 is 23.2 Å². The number of fused-ring (bicyclic) bond motifs is 1. The van der Waals surface area contributed by atoms with Crippen molar-refractivity contribution < 1.29 is 4.74 Å². The third kappa shape index (κ3) is 3.00. The Morgan fingerprint density at radius 2 is 1.70 bits per heavy atom. The van der Waals surface area contributed by atoms with Crippen LogP contribution in [0.15, 0.2) is 48.7 Å². The number of rotatable bonds is 3. The molecule has 0 unspecified atom stereocenters. The Hall–Kier alpha value is -1.84. The van der Waals surface area contributed by atoms with Crippen molar-refractivity contribution in [2.24, 2.45) is 0 Å². The van der Waals surface area contributed by atoms with Crippen LogP contribution in [0.3, 0.4) is 0 Å². The molecule has 0 bridgehead atoms. The number of benzene rings is 2. The Balaban J connectivity index is 1.78. The molecule has 0 spiro atoms. The smallest absolute Gasteiger partial charge is 0.317 e. The zero-order valence-electron chi connectivity index (χ0n) is 10.4. The van der Waals surface area contributed by atoms with E-state index in [4.69, 9.17) is 27.9 Å². The Morgan fingerprint density at radius 3 is 2.50 bits per heavy atom. The Kier molecular flexibility index (Phi) is 3.72. The molecule has 2 aromatic carbocycles. The van der Waals surface area contributed by atoms with Gasteiger partial charge in [0.1, 0.15) is 6.61 Å². The fourth-order valence-electron chi connectivity index (χ4n) is 1.78. The van der Waals surface area contributed by atoms with Crippen molar-refractivity contribution in [3.05, 3.63) is 64.3 Å². The molecule has 1 heterocycles. The summed E-state index contributed by atoms with van der Waals surface area (Å²) in [6, 6.07) is 13.2. The van der Waals surface area contributed by atoms with E-state index in [0.29, 0.717) is 22.7 Å². The molecule has 0 N–H and O–H groups in total. The first kappa shape index (κ1) is 13.2. The van der Waals surface area contributed by atoms with Gasteiger partial charge in [-0.3, -0.25) is 0 Å². The maximum atomic E-state index is 5.95. The number of hydrogen-bond donors (Lipinski definition) is 0. The van der Waals surface area contributed by atoms with Gasteiger partial charge in [0.05, 0.1) is 5.52 Å². The summed E-state index contributed by atoms with van der Waals surface area (Å²) in [5, 5.41) is 2.26. The number of aromatic nitrogens is 2. The molecule has 0 aliphatic rings. The SMILES string of the molecule is Clc1ccc(COc2ncc3ccc(Cl)cc3n2)cc1.